The summed E-state index contributed by atoms with van der Waals surface area (Å²) in [6.45, 7) is 0.402. The number of rotatable bonds is 1. The van der Waals surface area contributed by atoms with Crippen molar-refractivity contribution in [2.45, 2.75) is 6.54 Å². The minimum absolute atomic E-state index is 0.277. The zero-order valence-electron chi connectivity index (χ0n) is 8.89. The van der Waals surface area contributed by atoms with Gasteiger partial charge in [0.05, 0.1) is 11.8 Å². The van der Waals surface area contributed by atoms with Crippen LogP contribution in [0.4, 0.5) is 4.39 Å². The van der Waals surface area contributed by atoms with E-state index < -0.39 is 0 Å². The van der Waals surface area contributed by atoms with Crippen molar-refractivity contribution in [3.8, 4) is 17.9 Å². The van der Waals surface area contributed by atoms with Crippen LogP contribution in [0, 0.1) is 29.0 Å². The highest BCUT2D eigenvalue weighted by Crippen LogP contribution is 2.00. The van der Waals surface area contributed by atoms with Gasteiger partial charge in [-0.3, -0.25) is 4.68 Å². The van der Waals surface area contributed by atoms with Crippen LogP contribution in [0.15, 0.2) is 36.7 Å². The van der Waals surface area contributed by atoms with Gasteiger partial charge in [-0.25, -0.2) is 4.39 Å². The highest BCUT2D eigenvalue weighted by atomic mass is 19.1. The van der Waals surface area contributed by atoms with Crippen molar-refractivity contribution in [3.63, 3.8) is 0 Å². The standard InChI is InChI=1S/C13H8FN3/c14-13-5-3-11(4-6-13)2-1-7-17-10-12(8-15)9-16-17/h3-6,9-10H,7H2. The normalized spacial score (nSPS) is 9.18. The van der Waals surface area contributed by atoms with Gasteiger partial charge in [0.15, 0.2) is 0 Å². The monoisotopic (exact) mass is 225 g/mol. The smallest absolute Gasteiger partial charge is 0.123 e. The second-order valence-electron chi connectivity index (χ2n) is 3.35. The largest absolute Gasteiger partial charge is 0.259 e. The fraction of sp³-hybridized carbons (Fsp3) is 0.0769. The summed E-state index contributed by atoms with van der Waals surface area (Å²) in [6, 6.07) is 7.96. The highest BCUT2D eigenvalue weighted by Gasteiger charge is 1.93. The van der Waals surface area contributed by atoms with Gasteiger partial charge in [-0.2, -0.15) is 10.4 Å². The third-order valence-electron chi connectivity index (χ3n) is 2.08. The molecule has 2 rings (SSSR count). The van der Waals surface area contributed by atoms with Crippen molar-refractivity contribution < 1.29 is 4.39 Å². The predicted octanol–water partition coefficient (Wildman–Crippen LogP) is 1.95. The van der Waals surface area contributed by atoms with Crippen molar-refractivity contribution >= 4 is 0 Å². The lowest BCUT2D eigenvalue weighted by molar-refractivity contribution is 0.627. The van der Waals surface area contributed by atoms with E-state index in [2.05, 4.69) is 16.9 Å². The lowest BCUT2D eigenvalue weighted by atomic mass is 10.2. The maximum atomic E-state index is 12.6. The summed E-state index contributed by atoms with van der Waals surface area (Å²) in [5.41, 5.74) is 1.26. The van der Waals surface area contributed by atoms with Gasteiger partial charge in [0.1, 0.15) is 18.4 Å². The van der Waals surface area contributed by atoms with Crippen LogP contribution in [-0.4, -0.2) is 9.78 Å². The van der Waals surface area contributed by atoms with Crippen molar-refractivity contribution in [3.05, 3.63) is 53.6 Å². The van der Waals surface area contributed by atoms with E-state index in [-0.39, 0.29) is 5.82 Å². The van der Waals surface area contributed by atoms with E-state index in [0.717, 1.165) is 5.56 Å². The Balaban J connectivity index is 2.03. The topological polar surface area (TPSA) is 41.6 Å². The summed E-state index contributed by atoms with van der Waals surface area (Å²) in [4.78, 5) is 0. The first kappa shape index (κ1) is 10.9. The number of halogens is 1. The maximum absolute atomic E-state index is 12.6. The van der Waals surface area contributed by atoms with Crippen LogP contribution in [0.25, 0.3) is 0 Å². The van der Waals surface area contributed by atoms with Gasteiger partial charge in [-0.05, 0) is 24.3 Å². The van der Waals surface area contributed by atoms with E-state index in [0.29, 0.717) is 12.1 Å². The maximum Gasteiger partial charge on any atom is 0.123 e. The van der Waals surface area contributed by atoms with Gasteiger partial charge in [0.2, 0.25) is 0 Å². The Bertz CT molecular complexity index is 609. The van der Waals surface area contributed by atoms with Gasteiger partial charge in [-0.15, -0.1) is 0 Å². The van der Waals surface area contributed by atoms with Gasteiger partial charge < -0.3 is 0 Å². The van der Waals surface area contributed by atoms with E-state index in [1.54, 1.807) is 23.0 Å². The lowest BCUT2D eigenvalue weighted by Gasteiger charge is -1.91. The molecule has 17 heavy (non-hydrogen) atoms. The third kappa shape index (κ3) is 2.93. The molecule has 0 saturated heterocycles. The van der Waals surface area contributed by atoms with Crippen LogP contribution in [-0.2, 0) is 6.54 Å². The molecule has 1 aromatic heterocycles. The molecular weight excluding hydrogens is 217 g/mol. The van der Waals surface area contributed by atoms with Crippen LogP contribution >= 0.6 is 0 Å². The predicted molar refractivity (Wildman–Crippen MR) is 60.2 cm³/mol. The summed E-state index contributed by atoms with van der Waals surface area (Å²) >= 11 is 0. The van der Waals surface area contributed by atoms with E-state index in [9.17, 15) is 4.39 Å². The van der Waals surface area contributed by atoms with Gasteiger partial charge in [0, 0.05) is 11.8 Å². The van der Waals surface area contributed by atoms with E-state index in [4.69, 9.17) is 5.26 Å². The fourth-order valence-electron chi connectivity index (χ4n) is 1.26. The van der Waals surface area contributed by atoms with Crippen molar-refractivity contribution in [1.29, 1.82) is 5.26 Å². The Hall–Kier alpha value is -2.59. The third-order valence-corrected chi connectivity index (χ3v) is 2.08. The van der Waals surface area contributed by atoms with E-state index in [1.165, 1.54) is 18.3 Å². The summed E-state index contributed by atoms with van der Waals surface area (Å²) in [7, 11) is 0. The summed E-state index contributed by atoms with van der Waals surface area (Å²) in [5, 5.41) is 12.6. The molecule has 0 aliphatic carbocycles. The molecule has 3 nitrogen and oxygen atoms in total. The van der Waals surface area contributed by atoms with Gasteiger partial charge >= 0.3 is 0 Å². The lowest BCUT2D eigenvalue weighted by Crippen LogP contribution is -1.94. The first-order chi connectivity index (χ1) is 8.28. The zero-order chi connectivity index (χ0) is 12.1. The molecule has 1 aromatic carbocycles. The van der Waals surface area contributed by atoms with Crippen LogP contribution in [0.5, 0.6) is 0 Å². The Labute approximate surface area is 98.1 Å². The molecule has 0 amide bonds. The molecule has 0 bridgehead atoms. The molecule has 0 atom stereocenters. The quantitative estimate of drug-likeness (QED) is 0.696. The average Bonchev–Trinajstić information content (AvgIpc) is 2.80. The summed E-state index contributed by atoms with van der Waals surface area (Å²) < 4.78 is 14.2. The highest BCUT2D eigenvalue weighted by molar-refractivity contribution is 5.34. The molecule has 82 valence electrons. The molecule has 0 unspecified atom stereocenters. The SMILES string of the molecule is N#Cc1cnn(CC#Cc2ccc(F)cc2)c1. The summed E-state index contributed by atoms with van der Waals surface area (Å²) in [5.74, 6) is 5.50. The van der Waals surface area contributed by atoms with Gasteiger partial charge in [0.25, 0.3) is 0 Å². The van der Waals surface area contributed by atoms with Gasteiger partial charge in [-0.1, -0.05) is 11.8 Å². The first-order valence-electron chi connectivity index (χ1n) is 4.95. The zero-order valence-corrected chi connectivity index (χ0v) is 8.89. The van der Waals surface area contributed by atoms with Crippen LogP contribution in [0.2, 0.25) is 0 Å². The van der Waals surface area contributed by atoms with Crippen molar-refractivity contribution in [2.24, 2.45) is 0 Å². The van der Waals surface area contributed by atoms with E-state index in [1.807, 2.05) is 6.07 Å². The molecule has 0 saturated carbocycles. The fourth-order valence-corrected chi connectivity index (χ4v) is 1.26. The van der Waals surface area contributed by atoms with E-state index >= 15 is 0 Å². The molecule has 0 aliphatic rings. The minimum Gasteiger partial charge on any atom is -0.259 e. The van der Waals surface area contributed by atoms with Crippen molar-refractivity contribution in [2.75, 3.05) is 0 Å². The molecule has 2 aromatic rings. The second kappa shape index (κ2) is 4.96. The molecule has 0 fully saturated rings. The number of benzene rings is 1. The van der Waals surface area contributed by atoms with Crippen LogP contribution in [0.3, 0.4) is 0 Å². The average molecular weight is 225 g/mol. The summed E-state index contributed by atoms with van der Waals surface area (Å²) in [6.07, 6.45) is 3.11. The molecule has 0 N–H and O–H groups in total. The molecular formula is C13H8FN3. The Kier molecular flexibility index (Phi) is 3.18. The first-order valence-corrected chi connectivity index (χ1v) is 4.95. The van der Waals surface area contributed by atoms with Crippen LogP contribution in [0.1, 0.15) is 11.1 Å². The number of hydrogen-bond donors (Lipinski definition) is 0. The minimum atomic E-state index is -0.277. The Morgan fingerprint density at radius 2 is 2.00 bits per heavy atom. The second-order valence-corrected chi connectivity index (χ2v) is 3.35. The molecule has 4 heteroatoms. The van der Waals surface area contributed by atoms with Crippen LogP contribution < -0.4 is 0 Å². The van der Waals surface area contributed by atoms with Crippen molar-refractivity contribution in [1.82, 2.24) is 9.78 Å². The molecule has 0 aliphatic heterocycles. The molecule has 1 heterocycles. The number of nitrogens with zero attached hydrogens (tertiary/aromatic N) is 3. The Morgan fingerprint density at radius 3 is 2.65 bits per heavy atom. The number of nitriles is 1. The molecule has 0 radical (unpaired) electrons. The number of aromatic nitrogens is 2. The molecule has 0 spiro atoms. The Morgan fingerprint density at radius 1 is 1.24 bits per heavy atom. The number of hydrogen-bond acceptors (Lipinski definition) is 2.